The fourth-order valence-corrected chi connectivity index (χ4v) is 4.59. The Morgan fingerprint density at radius 2 is 1.91 bits per heavy atom. The Balaban J connectivity index is 2.32. The van der Waals surface area contributed by atoms with E-state index in [0.717, 1.165) is 31.2 Å². The molecule has 23 heavy (non-hydrogen) atoms. The van der Waals surface area contributed by atoms with Crippen LogP contribution >= 0.6 is 0 Å². The molecule has 5 nitrogen and oxygen atoms in total. The van der Waals surface area contributed by atoms with E-state index in [1.807, 2.05) is 13.0 Å². The molecule has 1 aromatic carbocycles. The zero-order valence-corrected chi connectivity index (χ0v) is 14.8. The van der Waals surface area contributed by atoms with Gasteiger partial charge in [0.25, 0.3) is 0 Å². The lowest BCUT2D eigenvalue weighted by Crippen LogP contribution is -2.52. The third-order valence-electron chi connectivity index (χ3n) is 4.38. The van der Waals surface area contributed by atoms with Crippen LogP contribution in [0.15, 0.2) is 23.1 Å². The number of hydrogen-bond donors (Lipinski definition) is 1. The number of sulfonamides is 1. The van der Waals surface area contributed by atoms with E-state index in [-0.39, 0.29) is 4.90 Å². The fraction of sp³-hybridized carbons (Fsp3) is 0.588. The summed E-state index contributed by atoms with van der Waals surface area (Å²) < 4.78 is 32.7. The lowest BCUT2D eigenvalue weighted by atomic mass is 9.92. The molecule has 0 aliphatic heterocycles. The largest absolute Gasteiger partial charge is 0.468 e. The molecular weight excluding hydrogens is 314 g/mol. The van der Waals surface area contributed by atoms with Gasteiger partial charge in [-0.05, 0) is 62.3 Å². The summed E-state index contributed by atoms with van der Waals surface area (Å²) in [6.07, 6.45) is 5.18. The van der Waals surface area contributed by atoms with Crippen molar-refractivity contribution in [2.45, 2.75) is 62.8 Å². The summed E-state index contributed by atoms with van der Waals surface area (Å²) in [7, 11) is -2.51. The fourth-order valence-electron chi connectivity index (χ4n) is 3.15. The molecule has 2 rings (SSSR count). The van der Waals surface area contributed by atoms with Gasteiger partial charge in [0.15, 0.2) is 0 Å². The van der Waals surface area contributed by atoms with E-state index < -0.39 is 21.5 Å². The Morgan fingerprint density at radius 1 is 1.26 bits per heavy atom. The van der Waals surface area contributed by atoms with Gasteiger partial charge in [-0.1, -0.05) is 19.4 Å². The number of methoxy groups -OCH3 is 1. The summed E-state index contributed by atoms with van der Waals surface area (Å²) in [4.78, 5) is 12.2. The molecule has 0 saturated carbocycles. The number of aryl methyl sites for hydroxylation is 2. The highest BCUT2D eigenvalue weighted by molar-refractivity contribution is 7.89. The zero-order chi connectivity index (χ0) is 17.1. The van der Waals surface area contributed by atoms with Crippen LogP contribution in [0, 0.1) is 0 Å². The molecule has 0 spiro atoms. The van der Waals surface area contributed by atoms with Crippen molar-refractivity contribution in [3.63, 3.8) is 0 Å². The third-order valence-corrected chi connectivity index (χ3v) is 5.97. The monoisotopic (exact) mass is 339 g/mol. The van der Waals surface area contributed by atoms with Crippen LogP contribution in [-0.2, 0) is 32.4 Å². The third kappa shape index (κ3) is 3.93. The van der Waals surface area contributed by atoms with E-state index >= 15 is 0 Å². The summed E-state index contributed by atoms with van der Waals surface area (Å²) in [6, 6.07) is 5.25. The summed E-state index contributed by atoms with van der Waals surface area (Å²) in [5, 5.41) is 0. The summed E-state index contributed by atoms with van der Waals surface area (Å²) in [5.41, 5.74) is 1.06. The number of nitrogens with one attached hydrogen (secondary N) is 1. The molecule has 1 unspecified atom stereocenters. The molecule has 0 saturated heterocycles. The highest BCUT2D eigenvalue weighted by atomic mass is 32.2. The minimum absolute atomic E-state index is 0.212. The SMILES string of the molecule is CCCC(C)(NS(=O)(=O)c1ccc2c(c1)CCCC2)C(=O)OC. The maximum atomic E-state index is 12.7. The Bertz CT molecular complexity index is 684. The number of benzene rings is 1. The molecule has 6 heteroatoms. The zero-order valence-electron chi connectivity index (χ0n) is 14.0. The lowest BCUT2D eigenvalue weighted by molar-refractivity contribution is -0.147. The number of esters is 1. The molecule has 1 aromatic rings. The highest BCUT2D eigenvalue weighted by Gasteiger charge is 2.38. The second-order valence-corrected chi connectivity index (χ2v) is 8.00. The first-order valence-electron chi connectivity index (χ1n) is 8.06. The average molecular weight is 339 g/mol. The molecule has 0 amide bonds. The van der Waals surface area contributed by atoms with Gasteiger partial charge in [0.05, 0.1) is 12.0 Å². The molecule has 0 bridgehead atoms. The predicted octanol–water partition coefficient (Wildman–Crippen LogP) is 2.58. The molecule has 0 radical (unpaired) electrons. The normalized spacial score (nSPS) is 17.2. The van der Waals surface area contributed by atoms with Crippen LogP contribution < -0.4 is 4.72 Å². The van der Waals surface area contributed by atoms with Crippen LogP contribution in [0.25, 0.3) is 0 Å². The van der Waals surface area contributed by atoms with Gasteiger partial charge in [0, 0.05) is 0 Å². The minimum atomic E-state index is -3.78. The molecule has 0 fully saturated rings. The molecule has 0 aromatic heterocycles. The maximum absolute atomic E-state index is 12.7. The number of carbonyl (C=O) groups is 1. The van der Waals surface area contributed by atoms with E-state index in [0.29, 0.717) is 12.8 Å². The first kappa shape index (κ1) is 17.9. The van der Waals surface area contributed by atoms with Crippen LogP contribution in [-0.4, -0.2) is 27.0 Å². The Hall–Kier alpha value is -1.40. The second kappa shape index (κ2) is 7.01. The van der Waals surface area contributed by atoms with Crippen LogP contribution in [0.3, 0.4) is 0 Å². The van der Waals surface area contributed by atoms with E-state index in [1.165, 1.54) is 12.7 Å². The first-order chi connectivity index (χ1) is 10.8. The van der Waals surface area contributed by atoms with Crippen molar-refractivity contribution >= 4 is 16.0 Å². The van der Waals surface area contributed by atoms with Crippen LogP contribution in [0.1, 0.15) is 50.7 Å². The van der Waals surface area contributed by atoms with Crippen molar-refractivity contribution in [1.29, 1.82) is 0 Å². The quantitative estimate of drug-likeness (QED) is 0.809. The van der Waals surface area contributed by atoms with Crippen molar-refractivity contribution in [2.24, 2.45) is 0 Å². The smallest absolute Gasteiger partial charge is 0.326 e. The van der Waals surface area contributed by atoms with Gasteiger partial charge in [0.1, 0.15) is 5.54 Å². The van der Waals surface area contributed by atoms with Crippen LogP contribution in [0.2, 0.25) is 0 Å². The van der Waals surface area contributed by atoms with E-state index in [9.17, 15) is 13.2 Å². The van der Waals surface area contributed by atoms with Gasteiger partial charge in [0.2, 0.25) is 10.0 Å². The van der Waals surface area contributed by atoms with Crippen LogP contribution in [0.4, 0.5) is 0 Å². The lowest BCUT2D eigenvalue weighted by Gasteiger charge is -2.27. The van der Waals surface area contributed by atoms with Crippen molar-refractivity contribution in [3.05, 3.63) is 29.3 Å². The molecule has 128 valence electrons. The van der Waals surface area contributed by atoms with Crippen molar-refractivity contribution in [3.8, 4) is 0 Å². The number of hydrogen-bond acceptors (Lipinski definition) is 4. The summed E-state index contributed by atoms with van der Waals surface area (Å²) >= 11 is 0. The molecule has 1 aliphatic carbocycles. The molecule has 0 heterocycles. The molecule has 1 N–H and O–H groups in total. The van der Waals surface area contributed by atoms with Gasteiger partial charge < -0.3 is 4.74 Å². The minimum Gasteiger partial charge on any atom is -0.468 e. The molecule has 1 atom stereocenters. The maximum Gasteiger partial charge on any atom is 0.326 e. The predicted molar refractivity (Wildman–Crippen MR) is 88.7 cm³/mol. The number of ether oxygens (including phenoxy) is 1. The van der Waals surface area contributed by atoms with E-state index in [1.54, 1.807) is 19.1 Å². The Morgan fingerprint density at radius 3 is 2.52 bits per heavy atom. The highest BCUT2D eigenvalue weighted by Crippen LogP contribution is 2.25. The summed E-state index contributed by atoms with van der Waals surface area (Å²) in [6.45, 7) is 3.46. The number of fused-ring (bicyclic) bond motifs is 1. The molecule has 1 aliphatic rings. The molecular formula is C17H25NO4S. The van der Waals surface area contributed by atoms with Gasteiger partial charge in [-0.3, -0.25) is 4.79 Å². The topological polar surface area (TPSA) is 72.5 Å². The van der Waals surface area contributed by atoms with Gasteiger partial charge >= 0.3 is 5.97 Å². The van der Waals surface area contributed by atoms with Crippen molar-refractivity contribution in [1.82, 2.24) is 4.72 Å². The van der Waals surface area contributed by atoms with Crippen LogP contribution in [0.5, 0.6) is 0 Å². The average Bonchev–Trinajstić information content (AvgIpc) is 2.53. The van der Waals surface area contributed by atoms with E-state index in [2.05, 4.69) is 4.72 Å². The number of carbonyl (C=O) groups excluding carboxylic acids is 1. The van der Waals surface area contributed by atoms with Crippen molar-refractivity contribution in [2.75, 3.05) is 7.11 Å². The van der Waals surface area contributed by atoms with Gasteiger partial charge in [-0.25, -0.2) is 8.42 Å². The second-order valence-electron chi connectivity index (χ2n) is 6.32. The first-order valence-corrected chi connectivity index (χ1v) is 9.55. The van der Waals surface area contributed by atoms with E-state index in [4.69, 9.17) is 4.74 Å². The summed E-state index contributed by atoms with van der Waals surface area (Å²) in [5.74, 6) is -0.569. The Kier molecular flexibility index (Phi) is 5.47. The standard InChI is InChI=1S/C17H25NO4S/c1-4-11-17(2,16(19)22-3)18-23(20,21)15-10-9-13-7-5-6-8-14(13)12-15/h9-10,12,18H,4-8,11H2,1-3H3. The van der Waals surface area contributed by atoms with Crippen molar-refractivity contribution < 1.29 is 17.9 Å². The Labute approximate surface area is 138 Å². The van der Waals surface area contributed by atoms with Gasteiger partial charge in [-0.15, -0.1) is 0 Å². The number of rotatable bonds is 6. The van der Waals surface area contributed by atoms with Gasteiger partial charge in [-0.2, -0.15) is 4.72 Å².